The number of benzene rings is 1. The molecule has 0 aliphatic heterocycles. The lowest BCUT2D eigenvalue weighted by atomic mass is 10.1. The number of hydrogen-bond acceptors (Lipinski definition) is 6. The lowest BCUT2D eigenvalue weighted by molar-refractivity contribution is 1.04. The molecule has 2 N–H and O–H groups in total. The molecule has 2 heterocycles. The van der Waals surface area contributed by atoms with Crippen LogP contribution in [0.4, 0.5) is 17.1 Å². The topological polar surface area (TPSA) is 71.1 Å². The largest absolute Gasteiger partial charge is 0.374 e. The second kappa shape index (κ2) is 5.90. The molecule has 4 rings (SSSR count). The molecule has 24 heavy (non-hydrogen) atoms. The summed E-state index contributed by atoms with van der Waals surface area (Å²) in [6.45, 7) is 0.393. The summed E-state index contributed by atoms with van der Waals surface area (Å²) >= 11 is 1.66. The average molecular weight is 335 g/mol. The molecule has 0 saturated heterocycles. The lowest BCUT2D eigenvalue weighted by Gasteiger charge is -2.14. The van der Waals surface area contributed by atoms with Gasteiger partial charge < -0.3 is 10.6 Å². The number of fused-ring (bicyclic) bond motifs is 1. The van der Waals surface area contributed by atoms with Gasteiger partial charge in [0, 0.05) is 16.6 Å². The Balaban J connectivity index is 1.56. The minimum Gasteiger partial charge on any atom is -0.374 e. The zero-order chi connectivity index (χ0) is 16.5. The van der Waals surface area contributed by atoms with Crippen molar-refractivity contribution in [1.29, 1.82) is 0 Å². The summed E-state index contributed by atoms with van der Waals surface area (Å²) in [5.74, 6) is 0. The first kappa shape index (κ1) is 14.6. The molecule has 0 aliphatic carbocycles. The monoisotopic (exact) mass is 335 g/mol. The van der Waals surface area contributed by atoms with Crippen LogP contribution in [-0.4, -0.2) is 4.98 Å². The van der Waals surface area contributed by atoms with E-state index in [2.05, 4.69) is 15.6 Å². The maximum Gasteiger partial charge on any atom is 0.253 e. The van der Waals surface area contributed by atoms with E-state index in [1.807, 2.05) is 47.8 Å². The number of thiophene rings is 1. The van der Waals surface area contributed by atoms with Crippen molar-refractivity contribution >= 4 is 38.5 Å². The molecule has 2 aromatic heterocycles. The van der Waals surface area contributed by atoms with Gasteiger partial charge in [0.25, 0.3) is 10.9 Å². The first-order chi connectivity index (χ1) is 11.7. The van der Waals surface area contributed by atoms with Gasteiger partial charge in [0.1, 0.15) is 11.4 Å². The van der Waals surface area contributed by atoms with E-state index in [1.54, 1.807) is 17.5 Å². The van der Waals surface area contributed by atoms with Crippen molar-refractivity contribution < 1.29 is 0 Å². The molecule has 0 amide bonds. The van der Waals surface area contributed by atoms with Gasteiger partial charge >= 0.3 is 0 Å². The summed E-state index contributed by atoms with van der Waals surface area (Å²) in [5, 5.41) is 9.19. The summed E-state index contributed by atoms with van der Waals surface area (Å²) in [5.41, 5.74) is 1.22. The normalized spacial score (nSPS) is 11.0. The second-order valence-corrected chi connectivity index (χ2v) is 6.33. The van der Waals surface area contributed by atoms with Crippen LogP contribution < -0.4 is 21.5 Å². The quantitative estimate of drug-likeness (QED) is 0.548. The van der Waals surface area contributed by atoms with Gasteiger partial charge in [-0.05, 0) is 47.2 Å². The number of pyridine rings is 1. The van der Waals surface area contributed by atoms with Crippen molar-refractivity contribution in [3.8, 4) is 0 Å². The number of hydrogen-bond donors (Lipinski definition) is 2. The first-order valence-corrected chi connectivity index (χ1v) is 8.32. The van der Waals surface area contributed by atoms with Crippen LogP contribution in [0.3, 0.4) is 0 Å². The van der Waals surface area contributed by atoms with E-state index in [0.717, 1.165) is 16.8 Å². The lowest BCUT2D eigenvalue weighted by Crippen LogP contribution is -2.36. The Hall–Kier alpha value is -2.99. The third kappa shape index (κ3) is 2.57. The SMILES string of the molecule is O=c1c(NCc2ccccn2)c(Nc2ccc3sccc3c2)c1=O. The standard InChI is InChI=1S/C18H13N3O2S/c22-17-15(20-10-13-3-1-2-7-19-13)16(18(17)23)21-12-4-5-14-11(9-12)6-8-24-14/h1-9,20-21H,10H2. The van der Waals surface area contributed by atoms with Gasteiger partial charge in [0.05, 0.1) is 12.2 Å². The summed E-state index contributed by atoms with van der Waals surface area (Å²) in [6, 6.07) is 13.4. The van der Waals surface area contributed by atoms with E-state index in [4.69, 9.17) is 0 Å². The van der Waals surface area contributed by atoms with E-state index < -0.39 is 10.9 Å². The Kier molecular flexibility index (Phi) is 3.59. The molecule has 0 radical (unpaired) electrons. The van der Waals surface area contributed by atoms with Gasteiger partial charge in [-0.1, -0.05) is 6.07 Å². The van der Waals surface area contributed by atoms with Crippen molar-refractivity contribution in [3.63, 3.8) is 0 Å². The van der Waals surface area contributed by atoms with Crippen LogP contribution in [-0.2, 0) is 6.54 Å². The van der Waals surface area contributed by atoms with E-state index in [0.29, 0.717) is 17.9 Å². The highest BCUT2D eigenvalue weighted by atomic mass is 32.1. The maximum atomic E-state index is 11.9. The number of nitrogens with one attached hydrogen (secondary N) is 2. The van der Waals surface area contributed by atoms with Crippen LogP contribution in [0.5, 0.6) is 0 Å². The Bertz CT molecular complexity index is 1080. The van der Waals surface area contributed by atoms with Gasteiger partial charge in [-0.25, -0.2) is 0 Å². The number of anilines is 3. The molecule has 2 aromatic carbocycles. The number of rotatable bonds is 5. The highest BCUT2D eigenvalue weighted by Crippen LogP contribution is 2.27. The minimum absolute atomic E-state index is 0.311. The van der Waals surface area contributed by atoms with E-state index in [1.165, 1.54) is 4.70 Å². The molecule has 6 heteroatoms. The van der Waals surface area contributed by atoms with Gasteiger partial charge in [-0.3, -0.25) is 14.6 Å². The molecule has 0 bridgehead atoms. The van der Waals surface area contributed by atoms with Gasteiger partial charge in [0.15, 0.2) is 0 Å². The van der Waals surface area contributed by atoms with Crippen LogP contribution in [0.2, 0.25) is 0 Å². The van der Waals surface area contributed by atoms with E-state index >= 15 is 0 Å². The average Bonchev–Trinajstić information content (AvgIpc) is 3.09. The van der Waals surface area contributed by atoms with Crippen molar-refractivity contribution in [2.24, 2.45) is 0 Å². The molecule has 118 valence electrons. The molecule has 0 unspecified atom stereocenters. The molecule has 0 spiro atoms. The van der Waals surface area contributed by atoms with Crippen LogP contribution in [0, 0.1) is 0 Å². The Morgan fingerprint density at radius 1 is 1.00 bits per heavy atom. The molecule has 0 atom stereocenters. The van der Waals surface area contributed by atoms with Crippen molar-refractivity contribution in [2.45, 2.75) is 6.54 Å². The highest BCUT2D eigenvalue weighted by Gasteiger charge is 2.20. The zero-order valence-corrected chi connectivity index (χ0v) is 13.4. The summed E-state index contributed by atoms with van der Waals surface area (Å²) in [4.78, 5) is 27.9. The minimum atomic E-state index is -0.496. The van der Waals surface area contributed by atoms with E-state index in [9.17, 15) is 9.59 Å². The smallest absolute Gasteiger partial charge is 0.253 e. The molecular weight excluding hydrogens is 322 g/mol. The van der Waals surface area contributed by atoms with Crippen molar-refractivity contribution in [3.05, 3.63) is 80.2 Å². The molecule has 4 aromatic rings. The molecule has 5 nitrogen and oxygen atoms in total. The van der Waals surface area contributed by atoms with Crippen molar-refractivity contribution in [2.75, 3.05) is 10.6 Å². The Morgan fingerprint density at radius 2 is 1.88 bits per heavy atom. The van der Waals surface area contributed by atoms with E-state index in [-0.39, 0.29) is 0 Å². The van der Waals surface area contributed by atoms with Crippen molar-refractivity contribution in [1.82, 2.24) is 4.98 Å². The maximum absolute atomic E-state index is 11.9. The summed E-state index contributed by atoms with van der Waals surface area (Å²) in [7, 11) is 0. The fourth-order valence-corrected chi connectivity index (χ4v) is 3.32. The fourth-order valence-electron chi connectivity index (χ4n) is 2.55. The van der Waals surface area contributed by atoms with Gasteiger partial charge in [-0.2, -0.15) is 0 Å². The van der Waals surface area contributed by atoms with Gasteiger partial charge in [0.2, 0.25) is 0 Å². The molecule has 0 saturated carbocycles. The Labute approximate surface area is 141 Å². The van der Waals surface area contributed by atoms with Gasteiger partial charge in [-0.15, -0.1) is 11.3 Å². The zero-order valence-electron chi connectivity index (χ0n) is 12.6. The second-order valence-electron chi connectivity index (χ2n) is 5.38. The number of nitrogens with zero attached hydrogens (tertiary/aromatic N) is 1. The molecule has 0 fully saturated rings. The van der Waals surface area contributed by atoms with Crippen LogP contribution >= 0.6 is 11.3 Å². The third-order valence-corrected chi connectivity index (χ3v) is 4.70. The molecular formula is C18H13N3O2S. The predicted molar refractivity (Wildman–Crippen MR) is 98.0 cm³/mol. The van der Waals surface area contributed by atoms with Crippen LogP contribution in [0.15, 0.2) is 63.6 Å². The summed E-state index contributed by atoms with van der Waals surface area (Å²) < 4.78 is 1.18. The number of aromatic nitrogens is 1. The molecule has 0 aliphatic rings. The first-order valence-electron chi connectivity index (χ1n) is 7.44. The fraction of sp³-hybridized carbons (Fsp3) is 0.0556. The third-order valence-electron chi connectivity index (χ3n) is 3.80. The van der Waals surface area contributed by atoms with Crippen LogP contribution in [0.1, 0.15) is 5.69 Å². The summed E-state index contributed by atoms with van der Waals surface area (Å²) in [6.07, 6.45) is 1.69. The predicted octanol–water partition coefficient (Wildman–Crippen LogP) is 3.25. The van der Waals surface area contributed by atoms with Crippen LogP contribution in [0.25, 0.3) is 10.1 Å². The Morgan fingerprint density at radius 3 is 2.71 bits per heavy atom. The highest BCUT2D eigenvalue weighted by molar-refractivity contribution is 7.17.